The average Bonchev–Trinajstić information content (AvgIpc) is 2.82. The van der Waals surface area contributed by atoms with Crippen LogP contribution in [-0.4, -0.2) is 21.5 Å². The van der Waals surface area contributed by atoms with E-state index in [-0.39, 0.29) is 12.5 Å². The van der Waals surface area contributed by atoms with Crippen LogP contribution in [0.1, 0.15) is 17.5 Å². The van der Waals surface area contributed by atoms with E-state index in [2.05, 4.69) is 5.10 Å². The molecule has 0 fully saturated rings. The standard InChI is InChI=1S/C15H19ClN2O/c1-18-10-13(9-17-18)7-6-12(11-19)8-14-4-2-3-5-15(14)16/h2-5,9-10,12,19H,6-8,11H2,1H3. The molecule has 102 valence electrons. The summed E-state index contributed by atoms with van der Waals surface area (Å²) in [6.45, 7) is 0.186. The second-order valence-corrected chi connectivity index (χ2v) is 5.31. The highest BCUT2D eigenvalue weighted by Crippen LogP contribution is 2.21. The Labute approximate surface area is 118 Å². The Morgan fingerprint density at radius 3 is 2.79 bits per heavy atom. The lowest BCUT2D eigenvalue weighted by Crippen LogP contribution is -2.11. The molecule has 1 aromatic carbocycles. The highest BCUT2D eigenvalue weighted by Gasteiger charge is 2.11. The smallest absolute Gasteiger partial charge is 0.0521 e. The van der Waals surface area contributed by atoms with E-state index in [0.29, 0.717) is 0 Å². The van der Waals surface area contributed by atoms with Crippen molar-refractivity contribution in [3.63, 3.8) is 0 Å². The summed E-state index contributed by atoms with van der Waals surface area (Å²) < 4.78 is 1.80. The predicted molar refractivity (Wildman–Crippen MR) is 77.3 cm³/mol. The molecule has 2 rings (SSSR count). The van der Waals surface area contributed by atoms with Crippen molar-refractivity contribution < 1.29 is 5.11 Å². The van der Waals surface area contributed by atoms with Gasteiger partial charge in [-0.3, -0.25) is 4.68 Å². The lowest BCUT2D eigenvalue weighted by Gasteiger charge is -2.14. The number of hydrogen-bond acceptors (Lipinski definition) is 2. The van der Waals surface area contributed by atoms with E-state index in [1.807, 2.05) is 43.7 Å². The first-order valence-electron chi connectivity index (χ1n) is 6.51. The maximum absolute atomic E-state index is 9.50. The van der Waals surface area contributed by atoms with Crippen molar-refractivity contribution in [3.05, 3.63) is 52.8 Å². The minimum atomic E-state index is 0.186. The van der Waals surface area contributed by atoms with Crippen molar-refractivity contribution in [1.82, 2.24) is 9.78 Å². The molecule has 1 atom stereocenters. The van der Waals surface area contributed by atoms with Gasteiger partial charge >= 0.3 is 0 Å². The number of aryl methyl sites for hydroxylation is 2. The van der Waals surface area contributed by atoms with E-state index in [1.54, 1.807) is 4.68 Å². The highest BCUT2D eigenvalue weighted by molar-refractivity contribution is 6.31. The number of halogens is 1. The van der Waals surface area contributed by atoms with Gasteiger partial charge in [0.05, 0.1) is 6.20 Å². The van der Waals surface area contributed by atoms with Gasteiger partial charge in [-0.1, -0.05) is 29.8 Å². The molecule has 0 radical (unpaired) electrons. The van der Waals surface area contributed by atoms with E-state index in [1.165, 1.54) is 5.56 Å². The second-order valence-electron chi connectivity index (χ2n) is 4.91. The molecule has 1 unspecified atom stereocenters. The molecule has 0 aliphatic heterocycles. The molecule has 19 heavy (non-hydrogen) atoms. The molecule has 1 N–H and O–H groups in total. The van der Waals surface area contributed by atoms with Crippen LogP contribution < -0.4 is 0 Å². The quantitative estimate of drug-likeness (QED) is 0.882. The van der Waals surface area contributed by atoms with Crippen molar-refractivity contribution in [2.45, 2.75) is 19.3 Å². The Balaban J connectivity index is 1.92. The number of aromatic nitrogens is 2. The van der Waals surface area contributed by atoms with Gasteiger partial charge in [0.1, 0.15) is 0 Å². The number of aliphatic hydroxyl groups excluding tert-OH is 1. The lowest BCUT2D eigenvalue weighted by molar-refractivity contribution is 0.218. The molecular formula is C15H19ClN2O. The van der Waals surface area contributed by atoms with Gasteiger partial charge in [0, 0.05) is 24.9 Å². The largest absolute Gasteiger partial charge is 0.396 e. The first kappa shape index (κ1) is 14.1. The molecule has 3 nitrogen and oxygen atoms in total. The normalized spacial score (nSPS) is 12.6. The summed E-state index contributed by atoms with van der Waals surface area (Å²) in [5, 5.41) is 14.4. The van der Waals surface area contributed by atoms with E-state index in [9.17, 15) is 5.11 Å². The third kappa shape index (κ3) is 4.08. The van der Waals surface area contributed by atoms with Crippen LogP contribution in [0.5, 0.6) is 0 Å². The fourth-order valence-electron chi connectivity index (χ4n) is 2.20. The Hall–Kier alpha value is -1.32. The third-order valence-electron chi connectivity index (χ3n) is 3.32. The zero-order valence-corrected chi connectivity index (χ0v) is 11.8. The second kappa shape index (κ2) is 6.73. The summed E-state index contributed by atoms with van der Waals surface area (Å²) >= 11 is 6.15. The van der Waals surface area contributed by atoms with Gasteiger partial charge in [-0.05, 0) is 42.4 Å². The van der Waals surface area contributed by atoms with Crippen LogP contribution in [0.2, 0.25) is 5.02 Å². The molecule has 0 saturated heterocycles. The van der Waals surface area contributed by atoms with Gasteiger partial charge in [-0.2, -0.15) is 5.10 Å². The molecule has 1 aromatic heterocycles. The summed E-state index contributed by atoms with van der Waals surface area (Å²) in [7, 11) is 1.91. The first-order chi connectivity index (χ1) is 9.19. The molecule has 0 spiro atoms. The molecule has 4 heteroatoms. The number of benzene rings is 1. The zero-order valence-electron chi connectivity index (χ0n) is 11.1. The average molecular weight is 279 g/mol. The van der Waals surface area contributed by atoms with Crippen molar-refractivity contribution in [1.29, 1.82) is 0 Å². The van der Waals surface area contributed by atoms with Crippen LogP contribution in [0, 0.1) is 5.92 Å². The monoisotopic (exact) mass is 278 g/mol. The summed E-state index contributed by atoms with van der Waals surface area (Å²) in [5.74, 6) is 0.236. The topological polar surface area (TPSA) is 38.0 Å². The van der Waals surface area contributed by atoms with Crippen molar-refractivity contribution in [2.24, 2.45) is 13.0 Å². The van der Waals surface area contributed by atoms with E-state index in [4.69, 9.17) is 11.6 Å². The Kier molecular flexibility index (Phi) is 5.00. The highest BCUT2D eigenvalue weighted by atomic mass is 35.5. The number of nitrogens with zero attached hydrogens (tertiary/aromatic N) is 2. The molecule has 1 heterocycles. The fraction of sp³-hybridized carbons (Fsp3) is 0.400. The van der Waals surface area contributed by atoms with Crippen molar-refractivity contribution in [3.8, 4) is 0 Å². The first-order valence-corrected chi connectivity index (χ1v) is 6.88. The molecule has 0 aliphatic rings. The molecule has 2 aromatic rings. The molecule has 0 amide bonds. The van der Waals surface area contributed by atoms with E-state index in [0.717, 1.165) is 29.8 Å². The van der Waals surface area contributed by atoms with Crippen LogP contribution in [-0.2, 0) is 19.9 Å². The summed E-state index contributed by atoms with van der Waals surface area (Å²) in [6, 6.07) is 7.83. The summed E-state index contributed by atoms with van der Waals surface area (Å²) in [4.78, 5) is 0. The summed E-state index contributed by atoms with van der Waals surface area (Å²) in [6.07, 6.45) is 6.58. The number of hydrogen-bond donors (Lipinski definition) is 1. The van der Waals surface area contributed by atoms with Gasteiger partial charge in [-0.15, -0.1) is 0 Å². The fourth-order valence-corrected chi connectivity index (χ4v) is 2.42. The number of aliphatic hydroxyl groups is 1. The number of rotatable bonds is 6. The van der Waals surface area contributed by atoms with Crippen LogP contribution in [0.15, 0.2) is 36.7 Å². The molecule has 0 saturated carbocycles. The van der Waals surface area contributed by atoms with Gasteiger partial charge in [0.2, 0.25) is 0 Å². The van der Waals surface area contributed by atoms with E-state index >= 15 is 0 Å². The van der Waals surface area contributed by atoms with Crippen LogP contribution in [0.25, 0.3) is 0 Å². The third-order valence-corrected chi connectivity index (χ3v) is 3.69. The lowest BCUT2D eigenvalue weighted by atomic mass is 9.94. The minimum absolute atomic E-state index is 0.186. The Morgan fingerprint density at radius 2 is 2.16 bits per heavy atom. The Morgan fingerprint density at radius 1 is 1.37 bits per heavy atom. The summed E-state index contributed by atoms with van der Waals surface area (Å²) in [5.41, 5.74) is 2.31. The molecule has 0 aliphatic carbocycles. The minimum Gasteiger partial charge on any atom is -0.396 e. The SMILES string of the molecule is Cn1cc(CCC(CO)Cc2ccccc2Cl)cn1. The maximum atomic E-state index is 9.50. The van der Waals surface area contributed by atoms with Crippen molar-refractivity contribution in [2.75, 3.05) is 6.61 Å². The van der Waals surface area contributed by atoms with Gasteiger partial charge in [0.15, 0.2) is 0 Å². The van der Waals surface area contributed by atoms with Crippen molar-refractivity contribution >= 4 is 11.6 Å². The van der Waals surface area contributed by atoms with Gasteiger partial charge in [0.25, 0.3) is 0 Å². The Bertz CT molecular complexity index is 524. The zero-order chi connectivity index (χ0) is 13.7. The molecular weight excluding hydrogens is 260 g/mol. The van der Waals surface area contributed by atoms with E-state index < -0.39 is 0 Å². The molecule has 0 bridgehead atoms. The van der Waals surface area contributed by atoms with Gasteiger partial charge in [-0.25, -0.2) is 0 Å². The van der Waals surface area contributed by atoms with Crippen LogP contribution >= 0.6 is 11.6 Å². The van der Waals surface area contributed by atoms with Crippen LogP contribution in [0.4, 0.5) is 0 Å². The van der Waals surface area contributed by atoms with Gasteiger partial charge < -0.3 is 5.11 Å². The predicted octanol–water partition coefficient (Wildman–Crippen LogP) is 2.86. The van der Waals surface area contributed by atoms with Crippen LogP contribution in [0.3, 0.4) is 0 Å². The maximum Gasteiger partial charge on any atom is 0.0521 e.